The molecule has 0 saturated heterocycles. The standard InChI is InChI=1S/C9H15N3.BrH/c1-4-10-9-11-6-5-8(12-9)7(2)3;/h5-7H,4H2,1-3H3,(H,10,11,12);1H. The number of aromatic nitrogens is 2. The van der Waals surface area contributed by atoms with Crippen molar-refractivity contribution in [3.05, 3.63) is 18.0 Å². The molecule has 0 aliphatic carbocycles. The Labute approximate surface area is 89.8 Å². The Morgan fingerprint density at radius 3 is 2.69 bits per heavy atom. The van der Waals surface area contributed by atoms with Crippen LogP contribution in [0.4, 0.5) is 5.95 Å². The highest BCUT2D eigenvalue weighted by molar-refractivity contribution is 8.93. The first-order chi connectivity index (χ1) is 5.74. The Morgan fingerprint density at radius 1 is 1.46 bits per heavy atom. The van der Waals surface area contributed by atoms with Gasteiger partial charge in [0, 0.05) is 18.4 Å². The van der Waals surface area contributed by atoms with Gasteiger partial charge in [-0.1, -0.05) is 13.8 Å². The minimum Gasteiger partial charge on any atom is -0.354 e. The maximum absolute atomic E-state index is 4.34. The maximum Gasteiger partial charge on any atom is 0.222 e. The van der Waals surface area contributed by atoms with Gasteiger partial charge >= 0.3 is 0 Å². The first-order valence-electron chi connectivity index (χ1n) is 4.31. The van der Waals surface area contributed by atoms with Gasteiger partial charge in [-0.3, -0.25) is 0 Å². The van der Waals surface area contributed by atoms with Crippen LogP contribution >= 0.6 is 17.0 Å². The lowest BCUT2D eigenvalue weighted by molar-refractivity contribution is 0.814. The lowest BCUT2D eigenvalue weighted by atomic mass is 10.1. The van der Waals surface area contributed by atoms with Crippen LogP contribution in [0.5, 0.6) is 0 Å². The van der Waals surface area contributed by atoms with E-state index in [9.17, 15) is 0 Å². The van der Waals surface area contributed by atoms with E-state index in [2.05, 4.69) is 29.1 Å². The van der Waals surface area contributed by atoms with Gasteiger partial charge in [0.2, 0.25) is 5.95 Å². The second-order valence-corrected chi connectivity index (χ2v) is 2.99. The molecular weight excluding hydrogens is 230 g/mol. The predicted octanol–water partition coefficient (Wildman–Crippen LogP) is 2.61. The highest BCUT2D eigenvalue weighted by atomic mass is 79.9. The molecule has 0 spiro atoms. The summed E-state index contributed by atoms with van der Waals surface area (Å²) in [7, 11) is 0. The molecule has 1 aromatic rings. The van der Waals surface area contributed by atoms with Gasteiger partial charge < -0.3 is 5.32 Å². The molecule has 1 aromatic heterocycles. The zero-order valence-electron chi connectivity index (χ0n) is 8.24. The molecule has 4 heteroatoms. The minimum absolute atomic E-state index is 0. The van der Waals surface area contributed by atoms with E-state index in [0.717, 1.165) is 18.2 Å². The first-order valence-corrected chi connectivity index (χ1v) is 4.31. The SMILES string of the molecule is Br.CCNc1nccc(C(C)C)n1. The van der Waals surface area contributed by atoms with Crippen LogP contribution in [-0.4, -0.2) is 16.5 Å². The smallest absolute Gasteiger partial charge is 0.222 e. The van der Waals surface area contributed by atoms with E-state index in [1.165, 1.54) is 0 Å². The summed E-state index contributed by atoms with van der Waals surface area (Å²) in [6, 6.07) is 1.95. The van der Waals surface area contributed by atoms with Crippen molar-refractivity contribution in [3.63, 3.8) is 0 Å². The monoisotopic (exact) mass is 245 g/mol. The number of anilines is 1. The van der Waals surface area contributed by atoms with Gasteiger partial charge in [0.15, 0.2) is 0 Å². The summed E-state index contributed by atoms with van der Waals surface area (Å²) in [5.41, 5.74) is 1.08. The number of halogens is 1. The predicted molar refractivity (Wildman–Crippen MR) is 60.6 cm³/mol. The summed E-state index contributed by atoms with van der Waals surface area (Å²) in [5.74, 6) is 1.19. The van der Waals surface area contributed by atoms with Crippen LogP contribution in [0.2, 0.25) is 0 Å². The normalized spacial score (nSPS) is 9.54. The van der Waals surface area contributed by atoms with Crippen LogP contribution < -0.4 is 5.32 Å². The third kappa shape index (κ3) is 3.72. The molecule has 0 unspecified atom stereocenters. The Bertz CT molecular complexity index is 250. The van der Waals surface area contributed by atoms with Crippen molar-refractivity contribution in [2.24, 2.45) is 0 Å². The quantitative estimate of drug-likeness (QED) is 0.890. The van der Waals surface area contributed by atoms with Crippen LogP contribution in [0, 0.1) is 0 Å². The number of hydrogen-bond acceptors (Lipinski definition) is 3. The Balaban J connectivity index is 0.00000144. The highest BCUT2D eigenvalue weighted by Crippen LogP contribution is 2.11. The fourth-order valence-electron chi connectivity index (χ4n) is 0.937. The van der Waals surface area contributed by atoms with Crippen molar-refractivity contribution in [3.8, 4) is 0 Å². The second kappa shape index (κ2) is 5.91. The van der Waals surface area contributed by atoms with Crippen LogP contribution in [0.1, 0.15) is 32.4 Å². The second-order valence-electron chi connectivity index (χ2n) is 2.99. The Kier molecular flexibility index (Phi) is 5.62. The average Bonchev–Trinajstić information content (AvgIpc) is 2.05. The lowest BCUT2D eigenvalue weighted by Gasteiger charge is -2.05. The van der Waals surface area contributed by atoms with Crippen molar-refractivity contribution in [1.29, 1.82) is 0 Å². The minimum atomic E-state index is 0. The maximum atomic E-state index is 4.34. The topological polar surface area (TPSA) is 37.8 Å². The third-order valence-electron chi connectivity index (χ3n) is 1.60. The van der Waals surface area contributed by atoms with Gasteiger partial charge in [-0.15, -0.1) is 17.0 Å². The molecule has 74 valence electrons. The summed E-state index contributed by atoms with van der Waals surface area (Å²) in [4.78, 5) is 8.43. The van der Waals surface area contributed by atoms with E-state index in [1.54, 1.807) is 6.20 Å². The Hall–Kier alpha value is -0.640. The van der Waals surface area contributed by atoms with Crippen LogP contribution in [0.25, 0.3) is 0 Å². The molecule has 0 aliphatic rings. The summed E-state index contributed by atoms with van der Waals surface area (Å²) in [6.07, 6.45) is 1.79. The zero-order chi connectivity index (χ0) is 8.97. The lowest BCUT2D eigenvalue weighted by Crippen LogP contribution is -2.04. The largest absolute Gasteiger partial charge is 0.354 e. The first kappa shape index (κ1) is 12.4. The number of rotatable bonds is 3. The van der Waals surface area contributed by atoms with Crippen LogP contribution in [0.15, 0.2) is 12.3 Å². The van der Waals surface area contributed by atoms with E-state index in [-0.39, 0.29) is 17.0 Å². The van der Waals surface area contributed by atoms with Crippen molar-refractivity contribution < 1.29 is 0 Å². The molecule has 0 amide bonds. The summed E-state index contributed by atoms with van der Waals surface area (Å²) in [6.45, 7) is 7.14. The molecule has 0 fully saturated rings. The molecule has 1 heterocycles. The van der Waals surface area contributed by atoms with Crippen LogP contribution in [0.3, 0.4) is 0 Å². The summed E-state index contributed by atoms with van der Waals surface area (Å²) in [5, 5.41) is 3.08. The van der Waals surface area contributed by atoms with Crippen molar-refractivity contribution in [2.45, 2.75) is 26.7 Å². The molecule has 13 heavy (non-hydrogen) atoms. The molecule has 0 aliphatic heterocycles. The molecule has 1 rings (SSSR count). The molecule has 3 nitrogen and oxygen atoms in total. The van der Waals surface area contributed by atoms with Crippen molar-refractivity contribution in [2.75, 3.05) is 11.9 Å². The average molecular weight is 246 g/mol. The molecule has 1 N–H and O–H groups in total. The van der Waals surface area contributed by atoms with E-state index in [1.807, 2.05) is 13.0 Å². The molecule has 0 bridgehead atoms. The van der Waals surface area contributed by atoms with Gasteiger partial charge in [0.05, 0.1) is 0 Å². The van der Waals surface area contributed by atoms with Crippen molar-refractivity contribution in [1.82, 2.24) is 9.97 Å². The fraction of sp³-hybridized carbons (Fsp3) is 0.556. The van der Waals surface area contributed by atoms with E-state index in [4.69, 9.17) is 0 Å². The van der Waals surface area contributed by atoms with E-state index in [0.29, 0.717) is 5.92 Å². The highest BCUT2D eigenvalue weighted by Gasteiger charge is 2.01. The van der Waals surface area contributed by atoms with Crippen molar-refractivity contribution >= 4 is 22.9 Å². The number of nitrogens with one attached hydrogen (secondary N) is 1. The fourth-order valence-corrected chi connectivity index (χ4v) is 0.937. The summed E-state index contributed by atoms with van der Waals surface area (Å²) >= 11 is 0. The molecule has 0 aromatic carbocycles. The molecule has 0 saturated carbocycles. The van der Waals surface area contributed by atoms with Gasteiger partial charge in [0.1, 0.15) is 0 Å². The van der Waals surface area contributed by atoms with Crippen LogP contribution in [-0.2, 0) is 0 Å². The van der Waals surface area contributed by atoms with Gasteiger partial charge in [-0.05, 0) is 18.9 Å². The van der Waals surface area contributed by atoms with Gasteiger partial charge in [-0.2, -0.15) is 0 Å². The number of hydrogen-bond donors (Lipinski definition) is 1. The molecule has 0 radical (unpaired) electrons. The van der Waals surface area contributed by atoms with Gasteiger partial charge in [0.25, 0.3) is 0 Å². The Morgan fingerprint density at radius 2 is 2.15 bits per heavy atom. The van der Waals surface area contributed by atoms with E-state index >= 15 is 0 Å². The summed E-state index contributed by atoms with van der Waals surface area (Å²) < 4.78 is 0. The zero-order valence-corrected chi connectivity index (χ0v) is 9.95. The van der Waals surface area contributed by atoms with Gasteiger partial charge in [-0.25, -0.2) is 9.97 Å². The van der Waals surface area contributed by atoms with E-state index < -0.39 is 0 Å². The third-order valence-corrected chi connectivity index (χ3v) is 1.60. The number of nitrogens with zero attached hydrogens (tertiary/aromatic N) is 2. The molecular formula is C9H16BrN3. The molecule has 0 atom stereocenters.